The Bertz CT molecular complexity index is 642. The first-order chi connectivity index (χ1) is 9.56. The lowest BCUT2D eigenvalue weighted by molar-refractivity contribution is 0.0689. The first kappa shape index (κ1) is 13.9. The van der Waals surface area contributed by atoms with Crippen LogP contribution < -0.4 is 10.5 Å². The molecule has 0 atom stereocenters. The minimum absolute atomic E-state index is 0.0206. The Morgan fingerprint density at radius 3 is 2.85 bits per heavy atom. The highest BCUT2D eigenvalue weighted by Crippen LogP contribution is 2.18. The second-order valence-corrected chi connectivity index (χ2v) is 4.02. The summed E-state index contributed by atoms with van der Waals surface area (Å²) >= 11 is 0. The van der Waals surface area contributed by atoms with Crippen LogP contribution >= 0.6 is 0 Å². The van der Waals surface area contributed by atoms with Gasteiger partial charge in [0, 0.05) is 6.54 Å². The van der Waals surface area contributed by atoms with Crippen LogP contribution in [0.3, 0.4) is 0 Å². The van der Waals surface area contributed by atoms with E-state index in [0.29, 0.717) is 5.56 Å². The van der Waals surface area contributed by atoms with Gasteiger partial charge in [0.1, 0.15) is 0 Å². The summed E-state index contributed by atoms with van der Waals surface area (Å²) in [5.74, 6) is -1.56. The number of carboxylic acids is 1. The van der Waals surface area contributed by atoms with E-state index >= 15 is 0 Å². The monoisotopic (exact) mass is 280 g/mol. The maximum absolute atomic E-state index is 13.6. The third-order valence-electron chi connectivity index (χ3n) is 2.78. The number of hydrogen-bond donors (Lipinski definition) is 2. The summed E-state index contributed by atoms with van der Waals surface area (Å²) in [5, 5.41) is 16.2. The molecule has 1 aromatic heterocycles. The summed E-state index contributed by atoms with van der Waals surface area (Å²) in [6.45, 7) is 0.154. The number of nitrogens with two attached hydrogens (primary N) is 1. The van der Waals surface area contributed by atoms with Gasteiger partial charge in [0.05, 0.1) is 19.3 Å². The molecule has 0 saturated heterocycles. The fourth-order valence-corrected chi connectivity index (χ4v) is 1.81. The normalized spacial score (nSPS) is 10.6. The van der Waals surface area contributed by atoms with E-state index < -0.39 is 11.8 Å². The zero-order valence-electron chi connectivity index (χ0n) is 10.7. The summed E-state index contributed by atoms with van der Waals surface area (Å²) in [4.78, 5) is 10.9. The van der Waals surface area contributed by atoms with Crippen molar-refractivity contribution in [2.24, 2.45) is 5.73 Å². The van der Waals surface area contributed by atoms with E-state index in [1.165, 1.54) is 23.9 Å². The van der Waals surface area contributed by atoms with Crippen molar-refractivity contribution < 1.29 is 19.0 Å². The minimum Gasteiger partial charge on any atom is -0.494 e. The fourth-order valence-electron chi connectivity index (χ4n) is 1.81. The van der Waals surface area contributed by atoms with E-state index in [2.05, 4.69) is 10.3 Å². The molecule has 8 heteroatoms. The molecule has 0 unspecified atom stereocenters. The number of benzene rings is 1. The van der Waals surface area contributed by atoms with Crippen LogP contribution in [0.2, 0.25) is 0 Å². The number of aromatic carboxylic acids is 1. The predicted octanol–water partition coefficient (Wildman–Crippen LogP) is 0.631. The molecule has 0 fully saturated rings. The highest BCUT2D eigenvalue weighted by Gasteiger charge is 2.18. The number of hydrogen-bond acceptors (Lipinski definition) is 5. The lowest BCUT2D eigenvalue weighted by Crippen LogP contribution is -2.13. The second kappa shape index (κ2) is 5.66. The molecule has 0 radical (unpaired) electrons. The van der Waals surface area contributed by atoms with Crippen LogP contribution in [0.25, 0.3) is 0 Å². The molecular formula is C12H13FN4O3. The van der Waals surface area contributed by atoms with Gasteiger partial charge in [-0.1, -0.05) is 11.3 Å². The smallest absolute Gasteiger partial charge is 0.358 e. The molecule has 0 aliphatic rings. The number of rotatable bonds is 5. The largest absolute Gasteiger partial charge is 0.494 e. The van der Waals surface area contributed by atoms with Crippen LogP contribution in [0.15, 0.2) is 18.2 Å². The van der Waals surface area contributed by atoms with Crippen LogP contribution in [0, 0.1) is 5.82 Å². The van der Waals surface area contributed by atoms with Gasteiger partial charge in [-0.05, 0) is 17.7 Å². The summed E-state index contributed by atoms with van der Waals surface area (Å²) in [6, 6.07) is 4.44. The van der Waals surface area contributed by atoms with Gasteiger partial charge in [0.2, 0.25) is 0 Å². The molecule has 0 spiro atoms. The molecule has 0 aliphatic carbocycles. The standard InChI is InChI=1S/C12H13FN4O3/c1-20-10-3-2-7(4-8(10)13)6-17-9(5-14)11(12(18)19)15-16-17/h2-4H,5-6,14H2,1H3,(H,18,19). The Morgan fingerprint density at radius 2 is 2.30 bits per heavy atom. The van der Waals surface area contributed by atoms with Crippen molar-refractivity contribution in [2.45, 2.75) is 13.1 Å². The highest BCUT2D eigenvalue weighted by atomic mass is 19.1. The van der Waals surface area contributed by atoms with Crippen LogP contribution in [-0.4, -0.2) is 33.2 Å². The average molecular weight is 280 g/mol. The van der Waals surface area contributed by atoms with Gasteiger partial charge < -0.3 is 15.6 Å². The Labute approximate surface area is 113 Å². The van der Waals surface area contributed by atoms with Gasteiger partial charge in [-0.15, -0.1) is 5.10 Å². The fraction of sp³-hybridized carbons (Fsp3) is 0.250. The molecule has 0 bridgehead atoms. The van der Waals surface area contributed by atoms with E-state index in [1.54, 1.807) is 6.07 Å². The zero-order valence-corrected chi connectivity index (χ0v) is 10.7. The number of halogens is 1. The van der Waals surface area contributed by atoms with Crippen LogP contribution in [0.4, 0.5) is 4.39 Å². The third-order valence-corrected chi connectivity index (χ3v) is 2.78. The van der Waals surface area contributed by atoms with Crippen molar-refractivity contribution in [3.63, 3.8) is 0 Å². The van der Waals surface area contributed by atoms with Gasteiger partial charge in [0.15, 0.2) is 17.3 Å². The third kappa shape index (κ3) is 2.59. The molecule has 1 heterocycles. The molecule has 0 aliphatic heterocycles. The Kier molecular flexibility index (Phi) is 3.94. The average Bonchev–Trinajstić information content (AvgIpc) is 2.82. The first-order valence-corrected chi connectivity index (χ1v) is 5.75. The van der Waals surface area contributed by atoms with Crippen molar-refractivity contribution in [3.8, 4) is 5.75 Å². The first-order valence-electron chi connectivity index (χ1n) is 5.75. The predicted molar refractivity (Wildman–Crippen MR) is 66.9 cm³/mol. The topological polar surface area (TPSA) is 103 Å². The number of aromatic nitrogens is 3. The lowest BCUT2D eigenvalue weighted by atomic mass is 10.2. The van der Waals surface area contributed by atoms with Gasteiger partial charge in [-0.25, -0.2) is 13.9 Å². The molecule has 0 amide bonds. The molecule has 7 nitrogen and oxygen atoms in total. The zero-order chi connectivity index (χ0) is 14.7. The number of nitrogens with zero attached hydrogens (tertiary/aromatic N) is 3. The lowest BCUT2D eigenvalue weighted by Gasteiger charge is -2.07. The second-order valence-electron chi connectivity index (χ2n) is 4.02. The molecular weight excluding hydrogens is 267 g/mol. The van der Waals surface area contributed by atoms with E-state index in [9.17, 15) is 9.18 Å². The summed E-state index contributed by atoms with van der Waals surface area (Å²) < 4.78 is 19.7. The molecule has 3 N–H and O–H groups in total. The molecule has 2 aromatic rings. The molecule has 1 aromatic carbocycles. The van der Waals surface area contributed by atoms with Crippen molar-refractivity contribution in [2.75, 3.05) is 7.11 Å². The Morgan fingerprint density at radius 1 is 1.55 bits per heavy atom. The Hall–Kier alpha value is -2.48. The van der Waals surface area contributed by atoms with E-state index in [0.717, 1.165) is 0 Å². The maximum atomic E-state index is 13.6. The van der Waals surface area contributed by atoms with Crippen LogP contribution in [-0.2, 0) is 13.1 Å². The van der Waals surface area contributed by atoms with Crippen molar-refractivity contribution in [3.05, 3.63) is 41.0 Å². The van der Waals surface area contributed by atoms with Gasteiger partial charge >= 0.3 is 5.97 Å². The van der Waals surface area contributed by atoms with E-state index in [4.69, 9.17) is 15.6 Å². The number of ether oxygens (including phenoxy) is 1. The van der Waals surface area contributed by atoms with Crippen molar-refractivity contribution in [1.29, 1.82) is 0 Å². The van der Waals surface area contributed by atoms with Gasteiger partial charge in [-0.3, -0.25) is 0 Å². The molecule has 0 saturated carbocycles. The molecule has 106 valence electrons. The minimum atomic E-state index is -1.20. The summed E-state index contributed by atoms with van der Waals surface area (Å²) in [6.07, 6.45) is 0. The number of carbonyl (C=O) groups is 1. The summed E-state index contributed by atoms with van der Waals surface area (Å²) in [5.41, 5.74) is 6.19. The SMILES string of the molecule is COc1ccc(Cn2nnc(C(=O)O)c2CN)cc1F. The number of carboxylic acid groups (broad SMARTS) is 1. The van der Waals surface area contributed by atoms with Crippen LogP contribution in [0.5, 0.6) is 5.75 Å². The highest BCUT2D eigenvalue weighted by molar-refractivity contribution is 5.86. The molecule has 20 heavy (non-hydrogen) atoms. The van der Waals surface area contributed by atoms with Crippen LogP contribution in [0.1, 0.15) is 21.7 Å². The number of methoxy groups -OCH3 is 1. The van der Waals surface area contributed by atoms with Gasteiger partial charge in [0.25, 0.3) is 0 Å². The quantitative estimate of drug-likeness (QED) is 0.832. The maximum Gasteiger partial charge on any atom is 0.358 e. The van der Waals surface area contributed by atoms with E-state index in [-0.39, 0.29) is 30.2 Å². The van der Waals surface area contributed by atoms with Crippen molar-refractivity contribution in [1.82, 2.24) is 15.0 Å². The summed E-state index contributed by atoms with van der Waals surface area (Å²) in [7, 11) is 1.38. The van der Waals surface area contributed by atoms with Crippen molar-refractivity contribution >= 4 is 5.97 Å². The van der Waals surface area contributed by atoms with E-state index in [1.807, 2.05) is 0 Å². The molecule has 2 rings (SSSR count). The Balaban J connectivity index is 2.30. The van der Waals surface area contributed by atoms with Gasteiger partial charge in [-0.2, -0.15) is 0 Å².